The van der Waals surface area contributed by atoms with Crippen LogP contribution in [-0.2, 0) is 22.1 Å². The lowest BCUT2D eigenvalue weighted by Crippen LogP contribution is -2.68. The Balaban J connectivity index is 1.10. The number of piperidine rings is 1. The van der Waals surface area contributed by atoms with Gasteiger partial charge in [-0.25, -0.2) is 4.79 Å². The first-order valence-electron chi connectivity index (χ1n) is 10.3. The van der Waals surface area contributed by atoms with Crippen molar-refractivity contribution in [3.63, 3.8) is 0 Å². The zero-order valence-corrected chi connectivity index (χ0v) is 16.4. The zero-order chi connectivity index (χ0) is 21.1. The maximum absolute atomic E-state index is 13.0. The standard InChI is InChI=1S/C19H24F3N5O3/c20-19(21,22)16-12(6-23-25-16)3-11-4-18(5-11)9-27(10-18)17(29)26-2-1-14-13(7-26)24-15(28)8-30-14/h6,11,13-14H,1-5,7-10H2,(H,23,25)(H,24,28)/t13-,14+/m1/s1. The monoisotopic (exact) mass is 427 g/mol. The van der Waals surface area contributed by atoms with Gasteiger partial charge in [0.25, 0.3) is 0 Å². The van der Waals surface area contributed by atoms with Crippen LogP contribution in [0, 0.1) is 11.3 Å². The van der Waals surface area contributed by atoms with E-state index in [0.29, 0.717) is 39.0 Å². The molecule has 3 aliphatic heterocycles. The van der Waals surface area contributed by atoms with Crippen molar-refractivity contribution in [2.75, 3.05) is 32.8 Å². The minimum atomic E-state index is -4.41. The topological polar surface area (TPSA) is 90.6 Å². The Labute approximate surface area is 171 Å². The zero-order valence-electron chi connectivity index (χ0n) is 16.4. The van der Waals surface area contributed by atoms with E-state index < -0.39 is 11.9 Å². The maximum atomic E-state index is 13.0. The Morgan fingerprint density at radius 2 is 2.07 bits per heavy atom. The van der Waals surface area contributed by atoms with Crippen molar-refractivity contribution in [1.82, 2.24) is 25.3 Å². The van der Waals surface area contributed by atoms with Gasteiger partial charge >= 0.3 is 12.2 Å². The van der Waals surface area contributed by atoms with Gasteiger partial charge in [0.05, 0.1) is 18.3 Å². The number of nitrogens with one attached hydrogen (secondary N) is 2. The third kappa shape index (κ3) is 3.42. The average molecular weight is 427 g/mol. The molecule has 0 radical (unpaired) electrons. The molecule has 5 rings (SSSR count). The highest BCUT2D eigenvalue weighted by molar-refractivity contribution is 5.79. The summed E-state index contributed by atoms with van der Waals surface area (Å²) in [6.45, 7) is 2.42. The summed E-state index contributed by atoms with van der Waals surface area (Å²) in [5.41, 5.74) is -0.492. The molecular formula is C19H24F3N5O3. The van der Waals surface area contributed by atoms with Crippen LogP contribution in [0.1, 0.15) is 30.5 Å². The molecule has 4 heterocycles. The van der Waals surface area contributed by atoms with Crippen molar-refractivity contribution in [3.8, 4) is 0 Å². The molecule has 4 aliphatic rings. The van der Waals surface area contributed by atoms with Crippen LogP contribution in [0.5, 0.6) is 0 Å². The molecule has 1 saturated carbocycles. The second kappa shape index (κ2) is 6.86. The smallest absolute Gasteiger partial charge is 0.366 e. The van der Waals surface area contributed by atoms with E-state index in [0.717, 1.165) is 12.8 Å². The molecule has 30 heavy (non-hydrogen) atoms. The number of rotatable bonds is 2. The first-order chi connectivity index (χ1) is 14.2. The molecule has 8 nitrogen and oxygen atoms in total. The van der Waals surface area contributed by atoms with Crippen molar-refractivity contribution in [1.29, 1.82) is 0 Å². The van der Waals surface area contributed by atoms with Gasteiger partial charge < -0.3 is 19.9 Å². The van der Waals surface area contributed by atoms with Crippen molar-refractivity contribution in [2.24, 2.45) is 11.3 Å². The molecule has 2 atom stereocenters. The molecular weight excluding hydrogens is 403 g/mol. The number of halogens is 3. The summed E-state index contributed by atoms with van der Waals surface area (Å²) in [7, 11) is 0. The SMILES string of the molecule is O=C1CO[C@H]2CCN(C(=O)N3CC4(CC(Cc5cn[nH]c5C(F)(F)F)C4)C3)C[C@H]2N1. The summed E-state index contributed by atoms with van der Waals surface area (Å²) in [4.78, 5) is 27.9. The van der Waals surface area contributed by atoms with Gasteiger partial charge in [-0.3, -0.25) is 9.89 Å². The Morgan fingerprint density at radius 3 is 2.80 bits per heavy atom. The number of aromatic nitrogens is 2. The number of fused-ring (bicyclic) bond motifs is 1. The number of hydrogen-bond donors (Lipinski definition) is 2. The summed E-state index contributed by atoms with van der Waals surface area (Å²) in [5.74, 6) is 0.0339. The molecule has 164 valence electrons. The van der Waals surface area contributed by atoms with Crippen molar-refractivity contribution in [2.45, 2.75) is 44.0 Å². The summed E-state index contributed by atoms with van der Waals surface area (Å²) in [5, 5.41) is 8.51. The summed E-state index contributed by atoms with van der Waals surface area (Å²) in [6.07, 6.45) is -0.474. The number of nitrogens with zero attached hydrogens (tertiary/aromatic N) is 3. The summed E-state index contributed by atoms with van der Waals surface area (Å²) >= 11 is 0. The van der Waals surface area contributed by atoms with Crippen LogP contribution in [-0.4, -0.2) is 76.9 Å². The van der Waals surface area contributed by atoms with Gasteiger partial charge in [-0.2, -0.15) is 18.3 Å². The third-order valence-electron chi connectivity index (χ3n) is 6.87. The van der Waals surface area contributed by atoms with E-state index in [2.05, 4.69) is 15.5 Å². The van der Waals surface area contributed by atoms with Crippen LogP contribution in [0.25, 0.3) is 0 Å². The number of aromatic amines is 1. The average Bonchev–Trinajstić information content (AvgIpc) is 3.10. The van der Waals surface area contributed by atoms with E-state index in [1.165, 1.54) is 6.20 Å². The van der Waals surface area contributed by atoms with Crippen LogP contribution in [0.4, 0.5) is 18.0 Å². The number of hydrogen-bond acceptors (Lipinski definition) is 4. The second-order valence-corrected chi connectivity index (χ2v) is 9.14. The van der Waals surface area contributed by atoms with E-state index in [9.17, 15) is 22.8 Å². The lowest BCUT2D eigenvalue weighted by molar-refractivity contribution is -0.142. The van der Waals surface area contributed by atoms with Gasteiger partial charge in [0, 0.05) is 37.2 Å². The Hall–Kier alpha value is -2.30. The minimum Gasteiger partial charge on any atom is -0.366 e. The number of ether oxygens (including phenoxy) is 1. The van der Waals surface area contributed by atoms with Crippen molar-refractivity contribution < 1.29 is 27.5 Å². The highest BCUT2D eigenvalue weighted by Gasteiger charge is 2.54. The predicted molar refractivity (Wildman–Crippen MR) is 97.3 cm³/mol. The Kier molecular flexibility index (Phi) is 4.49. The molecule has 1 spiro atoms. The number of H-pyrrole nitrogens is 1. The molecule has 1 aliphatic carbocycles. The van der Waals surface area contributed by atoms with Gasteiger partial charge in [-0.1, -0.05) is 0 Å². The van der Waals surface area contributed by atoms with Crippen LogP contribution in [0.15, 0.2) is 6.20 Å². The number of carbonyl (C=O) groups is 2. The predicted octanol–water partition coefficient (Wildman–Crippen LogP) is 1.39. The fourth-order valence-electron chi connectivity index (χ4n) is 5.56. The summed E-state index contributed by atoms with van der Waals surface area (Å²) < 4.78 is 44.4. The van der Waals surface area contributed by atoms with Crippen LogP contribution in [0.3, 0.4) is 0 Å². The fraction of sp³-hybridized carbons (Fsp3) is 0.737. The highest BCUT2D eigenvalue weighted by Crippen LogP contribution is 2.53. The largest absolute Gasteiger partial charge is 0.433 e. The van der Waals surface area contributed by atoms with Gasteiger partial charge in [0.2, 0.25) is 5.91 Å². The molecule has 3 saturated heterocycles. The van der Waals surface area contributed by atoms with Gasteiger partial charge in [-0.05, 0) is 31.6 Å². The van der Waals surface area contributed by atoms with Crippen LogP contribution in [0.2, 0.25) is 0 Å². The lowest BCUT2D eigenvalue weighted by Gasteiger charge is -2.60. The maximum Gasteiger partial charge on any atom is 0.433 e. The molecule has 1 aromatic rings. The van der Waals surface area contributed by atoms with E-state index in [1.54, 1.807) is 9.80 Å². The number of carbonyl (C=O) groups excluding carboxylic acids is 2. The normalized spacial score (nSPS) is 28.6. The molecule has 11 heteroatoms. The molecule has 0 aromatic carbocycles. The van der Waals surface area contributed by atoms with E-state index in [-0.39, 0.29) is 47.6 Å². The third-order valence-corrected chi connectivity index (χ3v) is 6.87. The Bertz CT molecular complexity index is 843. The van der Waals surface area contributed by atoms with E-state index in [1.807, 2.05) is 0 Å². The van der Waals surface area contributed by atoms with Gasteiger partial charge in [-0.15, -0.1) is 0 Å². The number of likely N-dealkylation sites (tertiary alicyclic amines) is 2. The first-order valence-corrected chi connectivity index (χ1v) is 10.3. The molecule has 0 bridgehead atoms. The van der Waals surface area contributed by atoms with Crippen molar-refractivity contribution >= 4 is 11.9 Å². The molecule has 2 N–H and O–H groups in total. The van der Waals surface area contributed by atoms with Gasteiger partial charge in [0.1, 0.15) is 12.3 Å². The Morgan fingerprint density at radius 1 is 1.30 bits per heavy atom. The molecule has 0 unspecified atom stereocenters. The lowest BCUT2D eigenvalue weighted by atomic mass is 9.56. The van der Waals surface area contributed by atoms with E-state index >= 15 is 0 Å². The van der Waals surface area contributed by atoms with E-state index in [4.69, 9.17) is 4.74 Å². The molecule has 1 aromatic heterocycles. The number of amides is 3. The van der Waals surface area contributed by atoms with Crippen molar-refractivity contribution in [3.05, 3.63) is 17.5 Å². The first kappa shape index (κ1) is 19.7. The summed E-state index contributed by atoms with van der Waals surface area (Å²) in [6, 6.07) is -0.193. The number of morpholine rings is 1. The second-order valence-electron chi connectivity index (χ2n) is 9.14. The highest BCUT2D eigenvalue weighted by atomic mass is 19.4. The molecule has 4 fully saturated rings. The molecule has 3 amide bonds. The number of urea groups is 1. The number of alkyl halides is 3. The van der Waals surface area contributed by atoms with Gasteiger partial charge in [0.15, 0.2) is 0 Å². The quantitative estimate of drug-likeness (QED) is 0.747. The van der Waals surface area contributed by atoms with Crippen LogP contribution < -0.4 is 5.32 Å². The minimum absolute atomic E-state index is 0.0310. The van der Waals surface area contributed by atoms with Crippen LogP contribution >= 0.6 is 0 Å². The fourth-order valence-corrected chi connectivity index (χ4v) is 5.56.